The van der Waals surface area contributed by atoms with E-state index >= 15 is 0 Å². The first kappa shape index (κ1) is 15.9. The maximum atomic E-state index is 5.98. The molecular formula is C17H27NO. The molecule has 1 N–H and O–H groups in total. The molecule has 0 fully saturated rings. The smallest absolute Gasteiger partial charge is 0.101 e. The Hall–Kier alpha value is -1.12. The van der Waals surface area contributed by atoms with Gasteiger partial charge in [-0.3, -0.25) is 0 Å². The summed E-state index contributed by atoms with van der Waals surface area (Å²) in [5.41, 5.74) is 2.55. The molecule has 0 heterocycles. The minimum Gasteiger partial charge on any atom is -0.372 e. The van der Waals surface area contributed by atoms with Crippen molar-refractivity contribution in [1.29, 1.82) is 0 Å². The van der Waals surface area contributed by atoms with Crippen LogP contribution in [0.15, 0.2) is 42.0 Å². The molecule has 106 valence electrons. The highest BCUT2D eigenvalue weighted by Gasteiger charge is 2.20. The average Bonchev–Trinajstić information content (AvgIpc) is 2.41. The predicted octanol–water partition coefficient (Wildman–Crippen LogP) is 4.10. The third kappa shape index (κ3) is 5.58. The van der Waals surface area contributed by atoms with Gasteiger partial charge in [-0.1, -0.05) is 48.9 Å². The van der Waals surface area contributed by atoms with Crippen LogP contribution in [0.1, 0.15) is 45.8 Å². The SMILES string of the molecule is CCCNC(C=C(C)C)C(OCC)c1ccccc1. The number of hydrogen-bond acceptors (Lipinski definition) is 2. The second-order valence-electron chi connectivity index (χ2n) is 5.01. The Morgan fingerprint density at radius 1 is 1.21 bits per heavy atom. The highest BCUT2D eigenvalue weighted by atomic mass is 16.5. The fourth-order valence-electron chi connectivity index (χ4n) is 2.15. The molecule has 2 nitrogen and oxygen atoms in total. The van der Waals surface area contributed by atoms with Gasteiger partial charge >= 0.3 is 0 Å². The molecule has 0 aliphatic rings. The van der Waals surface area contributed by atoms with E-state index < -0.39 is 0 Å². The van der Waals surface area contributed by atoms with Gasteiger partial charge in [0.05, 0.1) is 6.04 Å². The third-order valence-corrected chi connectivity index (χ3v) is 2.94. The Balaban J connectivity index is 2.94. The highest BCUT2D eigenvalue weighted by Crippen LogP contribution is 2.23. The van der Waals surface area contributed by atoms with Gasteiger partial charge < -0.3 is 10.1 Å². The third-order valence-electron chi connectivity index (χ3n) is 2.94. The van der Waals surface area contributed by atoms with Crippen LogP contribution >= 0.6 is 0 Å². The first-order chi connectivity index (χ1) is 9.19. The molecule has 0 radical (unpaired) electrons. The van der Waals surface area contributed by atoms with Crippen molar-refractivity contribution in [2.45, 2.75) is 46.3 Å². The van der Waals surface area contributed by atoms with Crippen LogP contribution in [0.3, 0.4) is 0 Å². The zero-order valence-electron chi connectivity index (χ0n) is 12.6. The summed E-state index contributed by atoms with van der Waals surface area (Å²) in [4.78, 5) is 0. The summed E-state index contributed by atoms with van der Waals surface area (Å²) in [7, 11) is 0. The first-order valence-electron chi connectivity index (χ1n) is 7.24. The largest absolute Gasteiger partial charge is 0.372 e. The molecule has 0 amide bonds. The molecule has 0 spiro atoms. The number of allylic oxidation sites excluding steroid dienone is 1. The lowest BCUT2D eigenvalue weighted by molar-refractivity contribution is 0.0448. The van der Waals surface area contributed by atoms with Gasteiger partial charge in [-0.05, 0) is 39.3 Å². The topological polar surface area (TPSA) is 21.3 Å². The number of hydrogen-bond donors (Lipinski definition) is 1. The van der Waals surface area contributed by atoms with Gasteiger partial charge in [-0.15, -0.1) is 0 Å². The Morgan fingerprint density at radius 2 is 1.89 bits per heavy atom. The van der Waals surface area contributed by atoms with Gasteiger partial charge in [0.1, 0.15) is 6.10 Å². The van der Waals surface area contributed by atoms with Crippen LogP contribution in [0.4, 0.5) is 0 Å². The van der Waals surface area contributed by atoms with Crippen molar-refractivity contribution >= 4 is 0 Å². The second-order valence-corrected chi connectivity index (χ2v) is 5.01. The molecule has 0 saturated carbocycles. The normalized spacial score (nSPS) is 13.9. The molecule has 2 atom stereocenters. The minimum absolute atomic E-state index is 0.0765. The molecule has 2 heteroatoms. The van der Waals surface area contributed by atoms with Crippen LogP contribution in [0, 0.1) is 0 Å². The Kier molecular flexibility index (Phi) is 7.46. The molecule has 0 aliphatic heterocycles. The number of benzene rings is 1. The number of ether oxygens (including phenoxy) is 1. The van der Waals surface area contributed by atoms with E-state index in [0.29, 0.717) is 0 Å². The van der Waals surface area contributed by atoms with Gasteiger partial charge in [-0.25, -0.2) is 0 Å². The van der Waals surface area contributed by atoms with Crippen LogP contribution < -0.4 is 5.32 Å². The maximum Gasteiger partial charge on any atom is 0.101 e. The van der Waals surface area contributed by atoms with Crippen LogP contribution in [0.25, 0.3) is 0 Å². The van der Waals surface area contributed by atoms with E-state index in [0.717, 1.165) is 19.6 Å². The van der Waals surface area contributed by atoms with Crippen molar-refractivity contribution in [2.24, 2.45) is 0 Å². The molecule has 0 saturated heterocycles. The van der Waals surface area contributed by atoms with E-state index in [1.165, 1.54) is 11.1 Å². The maximum absolute atomic E-state index is 5.98. The quantitative estimate of drug-likeness (QED) is 0.711. The van der Waals surface area contributed by atoms with Gasteiger partial charge in [0.25, 0.3) is 0 Å². The Labute approximate surface area is 117 Å². The lowest BCUT2D eigenvalue weighted by atomic mass is 10.00. The summed E-state index contributed by atoms with van der Waals surface area (Å²) in [5, 5.41) is 3.58. The molecule has 1 aromatic carbocycles. The standard InChI is InChI=1S/C17H27NO/c1-5-12-18-16(13-14(3)4)17(19-6-2)15-10-8-7-9-11-15/h7-11,13,16-18H,5-6,12H2,1-4H3. The van der Waals surface area contributed by atoms with Gasteiger partial charge in [0, 0.05) is 6.61 Å². The average molecular weight is 261 g/mol. The highest BCUT2D eigenvalue weighted by molar-refractivity contribution is 5.22. The zero-order chi connectivity index (χ0) is 14.1. The summed E-state index contributed by atoms with van der Waals surface area (Å²) in [6, 6.07) is 10.7. The lowest BCUT2D eigenvalue weighted by Crippen LogP contribution is -2.35. The van der Waals surface area contributed by atoms with E-state index in [-0.39, 0.29) is 12.1 Å². The molecule has 19 heavy (non-hydrogen) atoms. The van der Waals surface area contributed by atoms with Crippen LogP contribution in [0.2, 0.25) is 0 Å². The summed E-state index contributed by atoms with van der Waals surface area (Å²) in [6.45, 7) is 10.2. The summed E-state index contributed by atoms with van der Waals surface area (Å²) in [5.74, 6) is 0. The predicted molar refractivity (Wildman–Crippen MR) is 82.3 cm³/mol. The van der Waals surface area contributed by atoms with Gasteiger partial charge in [0.15, 0.2) is 0 Å². The summed E-state index contributed by atoms with van der Waals surface area (Å²) < 4.78 is 5.98. The van der Waals surface area contributed by atoms with Crippen molar-refractivity contribution in [3.8, 4) is 0 Å². The van der Waals surface area contributed by atoms with Crippen molar-refractivity contribution < 1.29 is 4.74 Å². The van der Waals surface area contributed by atoms with E-state index in [1.54, 1.807) is 0 Å². The van der Waals surface area contributed by atoms with Crippen molar-refractivity contribution in [1.82, 2.24) is 5.32 Å². The molecule has 1 rings (SSSR count). The van der Waals surface area contributed by atoms with E-state index in [1.807, 2.05) is 6.07 Å². The summed E-state index contributed by atoms with van der Waals surface area (Å²) >= 11 is 0. The number of nitrogens with one attached hydrogen (secondary N) is 1. The van der Waals surface area contributed by atoms with Gasteiger partial charge in [-0.2, -0.15) is 0 Å². The van der Waals surface area contributed by atoms with E-state index in [2.05, 4.69) is 63.4 Å². The monoisotopic (exact) mass is 261 g/mol. The van der Waals surface area contributed by atoms with Gasteiger partial charge in [0.2, 0.25) is 0 Å². The molecule has 0 aliphatic carbocycles. The lowest BCUT2D eigenvalue weighted by Gasteiger charge is -2.26. The molecule has 2 unspecified atom stereocenters. The van der Waals surface area contributed by atoms with E-state index in [9.17, 15) is 0 Å². The summed E-state index contributed by atoms with van der Waals surface area (Å²) in [6.07, 6.45) is 3.47. The molecule has 0 bridgehead atoms. The van der Waals surface area contributed by atoms with Crippen LogP contribution in [-0.4, -0.2) is 19.2 Å². The van der Waals surface area contributed by atoms with Crippen LogP contribution in [0.5, 0.6) is 0 Å². The minimum atomic E-state index is 0.0765. The van der Waals surface area contributed by atoms with Crippen LogP contribution in [-0.2, 0) is 4.74 Å². The Bertz CT molecular complexity index is 368. The molecule has 0 aromatic heterocycles. The Morgan fingerprint density at radius 3 is 2.42 bits per heavy atom. The molecular weight excluding hydrogens is 234 g/mol. The first-order valence-corrected chi connectivity index (χ1v) is 7.24. The van der Waals surface area contributed by atoms with Crippen molar-refractivity contribution in [3.05, 3.63) is 47.5 Å². The zero-order valence-corrected chi connectivity index (χ0v) is 12.6. The number of rotatable bonds is 8. The molecule has 1 aromatic rings. The van der Waals surface area contributed by atoms with Crippen molar-refractivity contribution in [2.75, 3.05) is 13.2 Å². The second kappa shape index (κ2) is 8.89. The fourth-order valence-corrected chi connectivity index (χ4v) is 2.15. The fraction of sp³-hybridized carbons (Fsp3) is 0.529. The van der Waals surface area contributed by atoms with Crippen molar-refractivity contribution in [3.63, 3.8) is 0 Å². The van der Waals surface area contributed by atoms with E-state index in [4.69, 9.17) is 4.74 Å².